The van der Waals surface area contributed by atoms with Crippen LogP contribution in [0.4, 0.5) is 0 Å². The molecule has 3 rings (SSSR count). The summed E-state index contributed by atoms with van der Waals surface area (Å²) in [6.07, 6.45) is 1.15. The van der Waals surface area contributed by atoms with Gasteiger partial charge in [-0.2, -0.15) is 0 Å². The number of nitrogens with two attached hydrogens (primary N) is 1. The normalized spacial score (nSPS) is 23.4. The molecule has 21 heavy (non-hydrogen) atoms. The summed E-state index contributed by atoms with van der Waals surface area (Å²) >= 11 is 0. The van der Waals surface area contributed by atoms with Crippen LogP contribution in [-0.4, -0.2) is 29.2 Å². The van der Waals surface area contributed by atoms with Crippen LogP contribution in [0.5, 0.6) is 0 Å². The van der Waals surface area contributed by atoms with Crippen LogP contribution >= 0.6 is 0 Å². The summed E-state index contributed by atoms with van der Waals surface area (Å²) in [4.78, 5) is 2.35. The lowest BCUT2D eigenvalue weighted by Crippen LogP contribution is -2.47. The van der Waals surface area contributed by atoms with Crippen LogP contribution in [0.3, 0.4) is 0 Å². The molecular weight excluding hydrogens is 262 g/mol. The van der Waals surface area contributed by atoms with Crippen LogP contribution < -0.4 is 5.73 Å². The molecule has 4 heteroatoms. The predicted molar refractivity (Wildman–Crippen MR) is 83.7 cm³/mol. The Balaban J connectivity index is 1.66. The predicted octanol–water partition coefficient (Wildman–Crippen LogP) is 2.82. The van der Waals surface area contributed by atoms with Crippen molar-refractivity contribution < 1.29 is 4.52 Å². The third-order valence-corrected chi connectivity index (χ3v) is 4.39. The summed E-state index contributed by atoms with van der Waals surface area (Å²) in [5, 5.41) is 4.18. The van der Waals surface area contributed by atoms with Gasteiger partial charge in [0.15, 0.2) is 5.76 Å². The van der Waals surface area contributed by atoms with Gasteiger partial charge in [0.05, 0.1) is 6.54 Å². The minimum absolute atomic E-state index is 0.262. The second kappa shape index (κ2) is 6.00. The molecule has 1 aliphatic rings. The average Bonchev–Trinajstić information content (AvgIpc) is 2.92. The van der Waals surface area contributed by atoms with Gasteiger partial charge in [-0.1, -0.05) is 41.9 Å². The molecule has 2 aromatic rings. The molecule has 0 bridgehead atoms. The number of aromatic nitrogens is 1. The number of hydrogen-bond donors (Lipinski definition) is 1. The van der Waals surface area contributed by atoms with Crippen molar-refractivity contribution in [2.24, 2.45) is 11.7 Å². The first-order valence-corrected chi connectivity index (χ1v) is 7.62. The third-order valence-electron chi connectivity index (χ3n) is 4.39. The molecule has 0 spiro atoms. The summed E-state index contributed by atoms with van der Waals surface area (Å²) < 4.78 is 5.48. The van der Waals surface area contributed by atoms with Gasteiger partial charge in [-0.15, -0.1) is 0 Å². The molecule has 4 nitrogen and oxygen atoms in total. The molecule has 2 heterocycles. The average molecular weight is 285 g/mol. The molecule has 2 N–H and O–H groups in total. The van der Waals surface area contributed by atoms with E-state index in [9.17, 15) is 0 Å². The highest BCUT2D eigenvalue weighted by molar-refractivity contribution is 5.59. The quantitative estimate of drug-likeness (QED) is 0.942. The maximum Gasteiger partial charge on any atom is 0.151 e. The van der Waals surface area contributed by atoms with E-state index in [4.69, 9.17) is 10.3 Å². The van der Waals surface area contributed by atoms with E-state index in [2.05, 4.69) is 48.2 Å². The van der Waals surface area contributed by atoms with Crippen LogP contribution in [0.1, 0.15) is 24.7 Å². The highest BCUT2D eigenvalue weighted by atomic mass is 16.5. The molecule has 2 unspecified atom stereocenters. The highest BCUT2D eigenvalue weighted by Crippen LogP contribution is 2.22. The maximum atomic E-state index is 6.14. The Morgan fingerprint density at radius 1 is 1.33 bits per heavy atom. The molecule has 112 valence electrons. The number of aryl methyl sites for hydroxylation is 1. The maximum absolute atomic E-state index is 6.14. The van der Waals surface area contributed by atoms with Gasteiger partial charge in [-0.3, -0.25) is 4.90 Å². The molecular formula is C17H23N3O. The first-order chi connectivity index (χ1) is 10.1. The Hall–Kier alpha value is -1.65. The van der Waals surface area contributed by atoms with Gasteiger partial charge >= 0.3 is 0 Å². The lowest BCUT2D eigenvalue weighted by molar-refractivity contribution is 0.148. The fraction of sp³-hybridized carbons (Fsp3) is 0.471. The molecule has 1 aliphatic heterocycles. The Labute approximate surface area is 125 Å². The first-order valence-electron chi connectivity index (χ1n) is 7.62. The molecule has 0 aliphatic carbocycles. The standard InChI is InChI=1S/C17H23N3O/c1-12-3-5-14(6-4-12)17-9-15(21-19-17)10-20-8-7-13(2)16(18)11-20/h3-6,9,13,16H,7-8,10-11,18H2,1-2H3. The van der Waals surface area contributed by atoms with Crippen molar-refractivity contribution in [1.29, 1.82) is 0 Å². The van der Waals surface area contributed by atoms with E-state index in [1.165, 1.54) is 5.56 Å². The molecule has 1 saturated heterocycles. The van der Waals surface area contributed by atoms with Crippen molar-refractivity contribution in [2.45, 2.75) is 32.9 Å². The molecule has 1 aromatic carbocycles. The van der Waals surface area contributed by atoms with Gasteiger partial charge in [0.25, 0.3) is 0 Å². The monoisotopic (exact) mass is 285 g/mol. The van der Waals surface area contributed by atoms with Crippen molar-refractivity contribution >= 4 is 0 Å². The van der Waals surface area contributed by atoms with Crippen LogP contribution in [0, 0.1) is 12.8 Å². The van der Waals surface area contributed by atoms with Crippen molar-refractivity contribution in [3.63, 3.8) is 0 Å². The number of nitrogens with zero attached hydrogens (tertiary/aromatic N) is 2. The van der Waals surface area contributed by atoms with E-state index in [0.717, 1.165) is 43.1 Å². The number of hydrogen-bond acceptors (Lipinski definition) is 4. The van der Waals surface area contributed by atoms with Crippen LogP contribution in [0.2, 0.25) is 0 Å². The molecule has 0 amide bonds. The van der Waals surface area contributed by atoms with Crippen molar-refractivity contribution in [3.05, 3.63) is 41.7 Å². The van der Waals surface area contributed by atoms with E-state index < -0.39 is 0 Å². The number of rotatable bonds is 3. The van der Waals surface area contributed by atoms with E-state index >= 15 is 0 Å². The van der Waals surface area contributed by atoms with Crippen LogP contribution in [0.25, 0.3) is 11.3 Å². The molecule has 0 saturated carbocycles. The van der Waals surface area contributed by atoms with Crippen molar-refractivity contribution in [1.82, 2.24) is 10.1 Å². The highest BCUT2D eigenvalue weighted by Gasteiger charge is 2.23. The SMILES string of the molecule is Cc1ccc(-c2cc(CN3CCC(C)C(N)C3)on2)cc1. The van der Waals surface area contributed by atoms with Gasteiger partial charge < -0.3 is 10.3 Å². The van der Waals surface area contributed by atoms with E-state index in [-0.39, 0.29) is 6.04 Å². The number of benzene rings is 1. The minimum Gasteiger partial charge on any atom is -0.359 e. The van der Waals surface area contributed by atoms with E-state index in [1.807, 2.05) is 6.07 Å². The number of piperidine rings is 1. The van der Waals surface area contributed by atoms with E-state index in [1.54, 1.807) is 0 Å². The fourth-order valence-corrected chi connectivity index (χ4v) is 2.78. The lowest BCUT2D eigenvalue weighted by atomic mass is 9.94. The second-order valence-corrected chi connectivity index (χ2v) is 6.21. The van der Waals surface area contributed by atoms with Crippen LogP contribution in [-0.2, 0) is 6.54 Å². The summed E-state index contributed by atoms with van der Waals surface area (Å²) in [6, 6.07) is 10.6. The Kier molecular flexibility index (Phi) is 4.08. The summed E-state index contributed by atoms with van der Waals surface area (Å²) in [6.45, 7) is 7.11. The molecule has 2 atom stereocenters. The summed E-state index contributed by atoms with van der Waals surface area (Å²) in [5.41, 5.74) is 9.39. The zero-order valence-electron chi connectivity index (χ0n) is 12.7. The molecule has 1 aromatic heterocycles. The van der Waals surface area contributed by atoms with E-state index in [0.29, 0.717) is 5.92 Å². The van der Waals surface area contributed by atoms with Gasteiger partial charge in [0.2, 0.25) is 0 Å². The largest absolute Gasteiger partial charge is 0.359 e. The minimum atomic E-state index is 0.262. The van der Waals surface area contributed by atoms with Gasteiger partial charge in [-0.05, 0) is 25.8 Å². The molecule has 0 radical (unpaired) electrons. The number of likely N-dealkylation sites (tertiary alicyclic amines) is 1. The lowest BCUT2D eigenvalue weighted by Gasteiger charge is -2.34. The Morgan fingerprint density at radius 2 is 2.10 bits per heavy atom. The zero-order chi connectivity index (χ0) is 14.8. The topological polar surface area (TPSA) is 55.3 Å². The summed E-state index contributed by atoms with van der Waals surface area (Å²) in [5.74, 6) is 1.52. The zero-order valence-corrected chi connectivity index (χ0v) is 12.7. The smallest absolute Gasteiger partial charge is 0.151 e. The third kappa shape index (κ3) is 3.34. The Bertz CT molecular complexity index is 590. The fourth-order valence-electron chi connectivity index (χ4n) is 2.78. The van der Waals surface area contributed by atoms with Crippen molar-refractivity contribution in [2.75, 3.05) is 13.1 Å². The second-order valence-electron chi connectivity index (χ2n) is 6.21. The van der Waals surface area contributed by atoms with Gasteiger partial charge in [0, 0.05) is 24.2 Å². The first kappa shape index (κ1) is 14.3. The van der Waals surface area contributed by atoms with Crippen molar-refractivity contribution in [3.8, 4) is 11.3 Å². The summed E-state index contributed by atoms with van der Waals surface area (Å²) in [7, 11) is 0. The van der Waals surface area contributed by atoms with Crippen LogP contribution in [0.15, 0.2) is 34.9 Å². The van der Waals surface area contributed by atoms with Gasteiger partial charge in [0.1, 0.15) is 5.69 Å². The Morgan fingerprint density at radius 3 is 2.81 bits per heavy atom. The van der Waals surface area contributed by atoms with Gasteiger partial charge in [-0.25, -0.2) is 0 Å². The molecule has 1 fully saturated rings.